The summed E-state index contributed by atoms with van der Waals surface area (Å²) in [5.41, 5.74) is 0.871. The summed E-state index contributed by atoms with van der Waals surface area (Å²) in [7, 11) is 1.30. The van der Waals surface area contributed by atoms with Gasteiger partial charge in [0.2, 0.25) is 11.8 Å². The van der Waals surface area contributed by atoms with Crippen molar-refractivity contribution in [3.05, 3.63) is 88.0 Å². The second-order valence-corrected chi connectivity index (χ2v) is 12.7. The summed E-state index contributed by atoms with van der Waals surface area (Å²) in [4.78, 5) is 63.8. The maximum atomic E-state index is 14.1. The van der Waals surface area contributed by atoms with E-state index < -0.39 is 62.0 Å². The first kappa shape index (κ1) is 27.5. The average Bonchev–Trinajstić information content (AvgIpc) is 3.32. The van der Waals surface area contributed by atoms with Crippen molar-refractivity contribution in [2.24, 2.45) is 17.8 Å². The molecule has 0 radical (unpaired) electrons. The normalized spacial score (nSPS) is 31.7. The number of nitrogens with zero attached hydrogens (tertiary/aromatic N) is 3. The third-order valence-electron chi connectivity index (χ3n) is 9.57. The van der Waals surface area contributed by atoms with Crippen LogP contribution in [0, 0.1) is 27.9 Å². The van der Waals surface area contributed by atoms with Gasteiger partial charge in [-0.3, -0.25) is 39.1 Å². The van der Waals surface area contributed by atoms with Gasteiger partial charge in [0.05, 0.1) is 22.4 Å². The summed E-state index contributed by atoms with van der Waals surface area (Å²) in [5, 5.41) is 23.8. The summed E-state index contributed by atoms with van der Waals surface area (Å²) in [5.74, 6) is -6.18. The quantitative estimate of drug-likeness (QED) is 0.148. The van der Waals surface area contributed by atoms with E-state index in [1.807, 2.05) is 12.1 Å². The molecule has 0 aromatic heterocycles. The number of carbonyl (C=O) groups excluding carboxylic acids is 4. The van der Waals surface area contributed by atoms with E-state index in [0.717, 1.165) is 15.2 Å². The summed E-state index contributed by atoms with van der Waals surface area (Å²) in [6, 6.07) is 15.6. The number of likely N-dealkylation sites (tertiary alicyclic amines) is 1. The topological polar surface area (TPSA) is 138 Å². The summed E-state index contributed by atoms with van der Waals surface area (Å²) in [6.07, 6.45) is 1.75. The monoisotopic (exact) mass is 619 g/mol. The van der Waals surface area contributed by atoms with E-state index in [9.17, 15) is 34.4 Å². The molecular weight excluding hydrogens is 597 g/mol. The van der Waals surface area contributed by atoms with Crippen molar-refractivity contribution in [3.63, 3.8) is 0 Å². The number of allylic oxidation sites excluding steroid dienone is 2. The fraction of sp³-hybridized carbons (Fsp3) is 0.290. The zero-order valence-electron chi connectivity index (χ0n) is 22.6. The van der Waals surface area contributed by atoms with Crippen LogP contribution in [0.1, 0.15) is 24.3 Å². The van der Waals surface area contributed by atoms with Crippen LogP contribution in [0.25, 0.3) is 10.8 Å². The molecule has 1 N–H and O–H groups in total. The Labute approximate surface area is 254 Å². The van der Waals surface area contributed by atoms with Crippen molar-refractivity contribution < 1.29 is 29.2 Å². The molecule has 3 aromatic rings. The van der Waals surface area contributed by atoms with Gasteiger partial charge in [-0.2, -0.15) is 0 Å². The molecule has 3 fully saturated rings. The number of anilines is 1. The molecule has 218 valence electrons. The Balaban J connectivity index is 1.41. The molecule has 4 aliphatic rings. The number of benzene rings is 3. The molecule has 10 nitrogen and oxygen atoms in total. The molecule has 0 bridgehead atoms. The lowest BCUT2D eigenvalue weighted by Gasteiger charge is -2.51. The number of aromatic hydroxyl groups is 1. The van der Waals surface area contributed by atoms with Crippen LogP contribution < -0.4 is 4.90 Å². The highest BCUT2D eigenvalue weighted by atomic mass is 35.5. The molecule has 1 saturated carbocycles. The van der Waals surface area contributed by atoms with E-state index in [2.05, 4.69) is 0 Å². The molecule has 4 amide bonds. The van der Waals surface area contributed by atoms with Crippen molar-refractivity contribution in [1.29, 1.82) is 0 Å². The van der Waals surface area contributed by atoms with E-state index in [1.165, 1.54) is 37.4 Å². The second kappa shape index (κ2) is 9.11. The summed E-state index contributed by atoms with van der Waals surface area (Å²) >= 11 is 14.5. The van der Waals surface area contributed by atoms with Crippen LogP contribution in [0.4, 0.5) is 11.4 Å². The highest BCUT2D eigenvalue weighted by molar-refractivity contribution is 6.53. The van der Waals surface area contributed by atoms with Crippen molar-refractivity contribution in [3.8, 4) is 5.75 Å². The van der Waals surface area contributed by atoms with Gasteiger partial charge in [0.15, 0.2) is 9.75 Å². The lowest BCUT2D eigenvalue weighted by atomic mass is 9.56. The predicted octanol–water partition coefficient (Wildman–Crippen LogP) is 4.65. The van der Waals surface area contributed by atoms with Gasteiger partial charge in [-0.05, 0) is 47.7 Å². The molecule has 12 heteroatoms. The Morgan fingerprint density at radius 2 is 1.63 bits per heavy atom. The number of carbonyl (C=O) groups is 4. The van der Waals surface area contributed by atoms with E-state index in [4.69, 9.17) is 23.2 Å². The fourth-order valence-electron chi connectivity index (χ4n) is 7.63. The lowest BCUT2D eigenvalue weighted by Crippen LogP contribution is -2.60. The highest BCUT2D eigenvalue weighted by Crippen LogP contribution is 2.66. The molecule has 2 aliphatic carbocycles. The molecule has 43 heavy (non-hydrogen) atoms. The number of imide groups is 2. The number of fused-ring (bicyclic) bond motifs is 5. The number of nitro groups is 1. The van der Waals surface area contributed by atoms with Gasteiger partial charge < -0.3 is 5.11 Å². The van der Waals surface area contributed by atoms with Crippen molar-refractivity contribution in [2.75, 3.05) is 11.9 Å². The minimum Gasteiger partial charge on any atom is -0.508 e. The fourth-order valence-corrected chi connectivity index (χ4v) is 8.63. The summed E-state index contributed by atoms with van der Waals surface area (Å²) in [6.45, 7) is 0. The Morgan fingerprint density at radius 3 is 2.33 bits per heavy atom. The Kier molecular flexibility index (Phi) is 5.84. The standard InChI is InChI=1S/C31H23Cl2N3O7/c1-34-28(40)30(32)14-21-19(25(31(30,33)29(34)41)24-18-5-3-2-4-15(18)6-13-22(24)37)11-12-20-23(21)27(39)35(26(20)38)16-7-9-17(10-8-16)36(42)43/h2-11,13,20-21,23,25,37H,12,14H2,1H3/t20-,21+,23-,25+,30+,31-/m0/s1. The minimum atomic E-state index is -2.03. The zero-order chi connectivity index (χ0) is 30.6. The van der Waals surface area contributed by atoms with Crippen LogP contribution in [0.5, 0.6) is 5.75 Å². The predicted molar refractivity (Wildman–Crippen MR) is 157 cm³/mol. The molecule has 0 spiro atoms. The van der Waals surface area contributed by atoms with Crippen molar-refractivity contribution in [1.82, 2.24) is 4.90 Å². The SMILES string of the molecule is CN1C(=O)[C@]2(Cl)C[C@@H]3C(=CC[C@@H]4C(=O)N(c5ccc([N+](=O)[O-])cc5)C(=O)[C@@H]43)[C@H](c3c(O)ccc4ccccc34)[C@]2(Cl)C1=O. The van der Waals surface area contributed by atoms with Gasteiger partial charge in [-0.15, -0.1) is 23.2 Å². The molecular formula is C31H23Cl2N3O7. The number of non-ortho nitro benzene ring substituents is 1. The highest BCUT2D eigenvalue weighted by Gasteiger charge is 2.76. The Morgan fingerprint density at radius 1 is 0.930 bits per heavy atom. The number of rotatable bonds is 3. The number of nitro benzene ring substituents is 1. The van der Waals surface area contributed by atoms with Crippen LogP contribution in [-0.4, -0.2) is 55.4 Å². The zero-order valence-corrected chi connectivity index (χ0v) is 24.1. The number of hydrogen-bond donors (Lipinski definition) is 1. The van der Waals surface area contributed by atoms with Gasteiger partial charge in [0, 0.05) is 30.7 Å². The Bertz CT molecular complexity index is 1840. The number of amides is 4. The molecule has 2 heterocycles. The van der Waals surface area contributed by atoms with Crippen LogP contribution in [0.2, 0.25) is 0 Å². The number of halogens is 2. The lowest BCUT2D eigenvalue weighted by molar-refractivity contribution is -0.384. The molecule has 7 rings (SSSR count). The van der Waals surface area contributed by atoms with Crippen molar-refractivity contribution in [2.45, 2.75) is 28.5 Å². The number of alkyl halides is 2. The largest absolute Gasteiger partial charge is 0.508 e. The Hall–Kier alpha value is -4.28. The van der Waals surface area contributed by atoms with Gasteiger partial charge in [-0.25, -0.2) is 0 Å². The van der Waals surface area contributed by atoms with Crippen LogP contribution in [0.15, 0.2) is 72.3 Å². The third kappa shape index (κ3) is 3.41. The second-order valence-electron chi connectivity index (χ2n) is 11.5. The van der Waals surface area contributed by atoms with Gasteiger partial charge >= 0.3 is 0 Å². The van der Waals surface area contributed by atoms with E-state index in [-0.39, 0.29) is 30.0 Å². The first-order valence-corrected chi connectivity index (χ1v) is 14.4. The maximum Gasteiger partial charge on any atom is 0.269 e. The van der Waals surface area contributed by atoms with Crippen LogP contribution in [0.3, 0.4) is 0 Å². The molecule has 2 saturated heterocycles. The minimum absolute atomic E-state index is 0.146. The first-order valence-electron chi connectivity index (χ1n) is 13.6. The molecule has 2 aliphatic heterocycles. The average molecular weight is 620 g/mol. The number of phenols is 1. The third-order valence-corrected chi connectivity index (χ3v) is 11.0. The van der Waals surface area contributed by atoms with E-state index in [0.29, 0.717) is 16.5 Å². The maximum absolute atomic E-state index is 14.1. The smallest absolute Gasteiger partial charge is 0.269 e. The molecule has 6 atom stereocenters. The summed E-state index contributed by atoms with van der Waals surface area (Å²) < 4.78 is 0. The number of phenolic OH excluding ortho intramolecular Hbond substituents is 1. The van der Waals surface area contributed by atoms with Gasteiger partial charge in [0.25, 0.3) is 17.5 Å². The number of hydrogen-bond acceptors (Lipinski definition) is 7. The molecule has 3 aromatic carbocycles. The molecule has 0 unspecified atom stereocenters. The van der Waals surface area contributed by atoms with E-state index in [1.54, 1.807) is 24.3 Å². The van der Waals surface area contributed by atoms with E-state index >= 15 is 0 Å². The van der Waals surface area contributed by atoms with Crippen LogP contribution >= 0.6 is 23.2 Å². The van der Waals surface area contributed by atoms with Crippen LogP contribution in [-0.2, 0) is 19.2 Å². The van der Waals surface area contributed by atoms with Crippen molar-refractivity contribution >= 4 is 69.0 Å². The first-order chi connectivity index (χ1) is 20.4. The van der Waals surface area contributed by atoms with Gasteiger partial charge in [0.1, 0.15) is 5.75 Å². The van der Waals surface area contributed by atoms with Gasteiger partial charge in [-0.1, -0.05) is 42.0 Å².